The maximum atomic E-state index is 13.3. The lowest BCUT2D eigenvalue weighted by atomic mass is 10.2. The number of rotatable bonds is 7. The van der Waals surface area contributed by atoms with Gasteiger partial charge in [0, 0.05) is 24.7 Å². The highest BCUT2D eigenvalue weighted by Gasteiger charge is 2.28. The van der Waals surface area contributed by atoms with Crippen LogP contribution in [-0.2, 0) is 14.8 Å². The Kier molecular flexibility index (Phi) is 7.50. The number of ether oxygens (including phenoxy) is 2. The summed E-state index contributed by atoms with van der Waals surface area (Å²) in [6, 6.07) is 12.5. The van der Waals surface area contributed by atoms with Crippen LogP contribution in [-0.4, -0.2) is 49.9 Å². The number of amides is 1. The van der Waals surface area contributed by atoms with Gasteiger partial charge in [0.25, 0.3) is 11.6 Å². The van der Waals surface area contributed by atoms with E-state index < -0.39 is 32.4 Å². The zero-order valence-electron chi connectivity index (χ0n) is 18.5. The van der Waals surface area contributed by atoms with Crippen LogP contribution >= 0.6 is 11.6 Å². The van der Waals surface area contributed by atoms with Gasteiger partial charge in [-0.3, -0.25) is 14.9 Å². The molecule has 0 spiro atoms. The second-order valence-electron chi connectivity index (χ2n) is 7.61. The van der Waals surface area contributed by atoms with E-state index in [-0.39, 0.29) is 59.0 Å². The number of nitro benzene ring substituents is 1. The quantitative estimate of drug-likeness (QED) is 0.349. The Hall–Kier alpha value is -3.58. The molecule has 188 valence electrons. The van der Waals surface area contributed by atoms with Crippen LogP contribution in [0, 0.1) is 15.9 Å². The Morgan fingerprint density at radius 3 is 2.44 bits per heavy atom. The Bertz CT molecular complexity index is 1410. The van der Waals surface area contributed by atoms with Crippen molar-refractivity contribution in [2.45, 2.75) is 4.90 Å². The van der Waals surface area contributed by atoms with E-state index in [0.29, 0.717) is 0 Å². The summed E-state index contributed by atoms with van der Waals surface area (Å²) < 4.78 is 51.8. The van der Waals surface area contributed by atoms with Gasteiger partial charge in [0.1, 0.15) is 16.6 Å². The Labute approximate surface area is 210 Å². The van der Waals surface area contributed by atoms with Gasteiger partial charge in [-0.1, -0.05) is 11.6 Å². The molecule has 1 aliphatic heterocycles. The van der Waals surface area contributed by atoms with E-state index in [1.54, 1.807) is 0 Å². The van der Waals surface area contributed by atoms with E-state index in [9.17, 15) is 27.7 Å². The first kappa shape index (κ1) is 25.5. The minimum absolute atomic E-state index is 0.0173. The molecule has 1 fully saturated rings. The second-order valence-corrected chi connectivity index (χ2v) is 9.95. The number of benzene rings is 3. The first-order chi connectivity index (χ1) is 17.1. The molecule has 1 heterocycles. The molecule has 1 saturated heterocycles. The molecular formula is C23H19ClFN3O7S. The third kappa shape index (κ3) is 5.62. The van der Waals surface area contributed by atoms with Crippen LogP contribution in [0.25, 0.3) is 0 Å². The molecular weight excluding hydrogens is 517 g/mol. The molecule has 3 aromatic rings. The number of nitro groups is 1. The average molecular weight is 536 g/mol. The van der Waals surface area contributed by atoms with Crippen molar-refractivity contribution in [1.29, 1.82) is 0 Å². The molecule has 1 N–H and O–H groups in total. The summed E-state index contributed by atoms with van der Waals surface area (Å²) in [5.41, 5.74) is -0.563. The van der Waals surface area contributed by atoms with E-state index in [1.165, 1.54) is 58.9 Å². The first-order valence-corrected chi connectivity index (χ1v) is 12.4. The lowest BCUT2D eigenvalue weighted by molar-refractivity contribution is -0.384. The van der Waals surface area contributed by atoms with Crippen LogP contribution in [0.1, 0.15) is 10.4 Å². The van der Waals surface area contributed by atoms with Crippen LogP contribution in [0.4, 0.5) is 15.8 Å². The van der Waals surface area contributed by atoms with E-state index in [1.807, 2.05) is 0 Å². The fourth-order valence-corrected chi connectivity index (χ4v) is 5.03. The van der Waals surface area contributed by atoms with Crippen molar-refractivity contribution in [2.24, 2.45) is 0 Å². The minimum atomic E-state index is -3.91. The topological polar surface area (TPSA) is 128 Å². The van der Waals surface area contributed by atoms with Gasteiger partial charge in [0.05, 0.1) is 28.7 Å². The van der Waals surface area contributed by atoms with Gasteiger partial charge in [-0.15, -0.1) is 0 Å². The predicted octanol–water partition coefficient (Wildman–Crippen LogP) is 4.45. The zero-order valence-corrected chi connectivity index (χ0v) is 20.1. The Morgan fingerprint density at radius 1 is 1.08 bits per heavy atom. The van der Waals surface area contributed by atoms with Gasteiger partial charge >= 0.3 is 0 Å². The highest BCUT2D eigenvalue weighted by atomic mass is 35.5. The summed E-state index contributed by atoms with van der Waals surface area (Å²) >= 11 is 5.83. The van der Waals surface area contributed by atoms with Crippen molar-refractivity contribution in [3.8, 4) is 11.5 Å². The molecule has 3 aromatic carbocycles. The van der Waals surface area contributed by atoms with E-state index >= 15 is 0 Å². The number of morpholine rings is 1. The van der Waals surface area contributed by atoms with Crippen molar-refractivity contribution < 1.29 is 32.0 Å². The highest BCUT2D eigenvalue weighted by molar-refractivity contribution is 7.89. The Balaban J connectivity index is 1.71. The molecule has 0 atom stereocenters. The van der Waals surface area contributed by atoms with Gasteiger partial charge in [-0.25, -0.2) is 12.8 Å². The van der Waals surface area contributed by atoms with E-state index in [4.69, 9.17) is 21.1 Å². The molecule has 1 aliphatic rings. The molecule has 0 radical (unpaired) electrons. The number of hydrogen-bond donors (Lipinski definition) is 1. The molecule has 36 heavy (non-hydrogen) atoms. The number of nitrogens with zero attached hydrogens (tertiary/aromatic N) is 2. The molecule has 1 amide bonds. The lowest BCUT2D eigenvalue weighted by Crippen LogP contribution is -2.40. The maximum absolute atomic E-state index is 13.3. The summed E-state index contributed by atoms with van der Waals surface area (Å²) in [6.45, 7) is 0.854. The molecule has 0 saturated carbocycles. The number of halogens is 2. The molecule has 0 bridgehead atoms. The van der Waals surface area contributed by atoms with Gasteiger partial charge in [0.2, 0.25) is 10.0 Å². The number of carbonyl (C=O) groups excluding carboxylic acids is 1. The van der Waals surface area contributed by atoms with Crippen LogP contribution in [0.15, 0.2) is 65.6 Å². The molecule has 0 aliphatic carbocycles. The van der Waals surface area contributed by atoms with Crippen molar-refractivity contribution in [3.05, 3.63) is 87.2 Å². The van der Waals surface area contributed by atoms with Crippen LogP contribution in [0.3, 0.4) is 0 Å². The fraction of sp³-hybridized carbons (Fsp3) is 0.174. The molecule has 10 nitrogen and oxygen atoms in total. The van der Waals surface area contributed by atoms with Gasteiger partial charge < -0.3 is 14.8 Å². The molecule has 4 rings (SSSR count). The highest BCUT2D eigenvalue weighted by Crippen LogP contribution is 2.34. The smallest absolute Gasteiger partial charge is 0.288 e. The minimum Gasteiger partial charge on any atom is -0.455 e. The molecule has 13 heteroatoms. The summed E-state index contributed by atoms with van der Waals surface area (Å²) in [5, 5.41) is 13.6. The number of anilines is 1. The summed E-state index contributed by atoms with van der Waals surface area (Å²) in [4.78, 5) is 23.3. The number of nitrogens with one attached hydrogen (secondary N) is 1. The van der Waals surface area contributed by atoms with Crippen molar-refractivity contribution in [1.82, 2.24) is 4.31 Å². The summed E-state index contributed by atoms with van der Waals surface area (Å²) in [5.74, 6) is -0.941. The number of hydrogen-bond acceptors (Lipinski definition) is 7. The van der Waals surface area contributed by atoms with Crippen LogP contribution in [0.2, 0.25) is 5.02 Å². The zero-order chi connectivity index (χ0) is 25.9. The third-order valence-electron chi connectivity index (χ3n) is 5.25. The predicted molar refractivity (Wildman–Crippen MR) is 129 cm³/mol. The first-order valence-electron chi connectivity index (χ1n) is 10.6. The average Bonchev–Trinajstić information content (AvgIpc) is 2.87. The summed E-state index contributed by atoms with van der Waals surface area (Å²) in [7, 11) is -3.91. The number of sulfonamides is 1. The summed E-state index contributed by atoms with van der Waals surface area (Å²) in [6.07, 6.45) is 0. The number of carbonyl (C=O) groups is 1. The Morgan fingerprint density at radius 2 is 1.78 bits per heavy atom. The standard InChI is InChI=1S/C23H19ClFN3O7S/c24-19-7-1-15(13-21(19)28(30)31)23(29)26-20-14-18(36(32,33)27-9-11-34-12-10-27)6-8-22(20)35-17-4-2-16(25)3-5-17/h1-8,13-14H,9-12H2,(H,26,29). The monoisotopic (exact) mass is 535 g/mol. The van der Waals surface area contributed by atoms with Crippen LogP contribution < -0.4 is 10.1 Å². The van der Waals surface area contributed by atoms with Gasteiger partial charge in [-0.05, 0) is 54.6 Å². The second kappa shape index (κ2) is 10.6. The fourth-order valence-electron chi connectivity index (χ4n) is 3.41. The van der Waals surface area contributed by atoms with Crippen LogP contribution in [0.5, 0.6) is 11.5 Å². The van der Waals surface area contributed by atoms with Crippen molar-refractivity contribution in [2.75, 3.05) is 31.6 Å². The van der Waals surface area contributed by atoms with E-state index in [2.05, 4.69) is 5.32 Å². The normalized spacial score (nSPS) is 14.3. The molecule has 0 aromatic heterocycles. The van der Waals surface area contributed by atoms with E-state index in [0.717, 1.165) is 6.07 Å². The van der Waals surface area contributed by atoms with Crippen molar-refractivity contribution >= 4 is 38.9 Å². The third-order valence-corrected chi connectivity index (χ3v) is 7.47. The lowest BCUT2D eigenvalue weighted by Gasteiger charge is -2.26. The molecule has 0 unspecified atom stereocenters. The van der Waals surface area contributed by atoms with Crippen molar-refractivity contribution in [3.63, 3.8) is 0 Å². The largest absolute Gasteiger partial charge is 0.455 e. The van der Waals surface area contributed by atoms with Gasteiger partial charge in [-0.2, -0.15) is 4.31 Å². The van der Waals surface area contributed by atoms with Gasteiger partial charge in [0.15, 0.2) is 5.75 Å². The SMILES string of the molecule is O=C(Nc1cc(S(=O)(=O)N2CCOCC2)ccc1Oc1ccc(F)cc1)c1ccc(Cl)c([N+](=O)[O-])c1. The maximum Gasteiger partial charge on any atom is 0.288 e.